The first-order chi connectivity index (χ1) is 7.00. The molecule has 1 atom stereocenters. The van der Waals surface area contributed by atoms with Gasteiger partial charge in [-0.05, 0) is 12.3 Å². The predicted molar refractivity (Wildman–Crippen MR) is 63.9 cm³/mol. The Labute approximate surface area is 94.4 Å². The Bertz CT molecular complexity index is 173. The number of carbonyl (C=O) groups excluding carboxylic acids is 1. The summed E-state index contributed by atoms with van der Waals surface area (Å²) < 4.78 is 5.68. The van der Waals surface area contributed by atoms with Crippen LogP contribution in [0.25, 0.3) is 0 Å². The van der Waals surface area contributed by atoms with Crippen LogP contribution in [0.15, 0.2) is 0 Å². The lowest BCUT2D eigenvalue weighted by Gasteiger charge is -2.22. The van der Waals surface area contributed by atoms with Gasteiger partial charge in [0.15, 0.2) is 5.78 Å². The molecule has 0 aliphatic carbocycles. The van der Waals surface area contributed by atoms with Gasteiger partial charge < -0.3 is 4.74 Å². The van der Waals surface area contributed by atoms with Gasteiger partial charge in [-0.3, -0.25) is 4.79 Å². The third-order valence-electron chi connectivity index (χ3n) is 2.50. The van der Waals surface area contributed by atoms with Gasteiger partial charge in [-0.1, -0.05) is 47.5 Å². The summed E-state index contributed by atoms with van der Waals surface area (Å²) in [7, 11) is 0. The van der Waals surface area contributed by atoms with Gasteiger partial charge in [-0.15, -0.1) is 0 Å². The first kappa shape index (κ1) is 14.6. The highest BCUT2D eigenvalue weighted by atomic mass is 16.5. The molecule has 90 valence electrons. The summed E-state index contributed by atoms with van der Waals surface area (Å²) in [6, 6.07) is 0. The van der Waals surface area contributed by atoms with Crippen LogP contribution in [0.2, 0.25) is 0 Å². The van der Waals surface area contributed by atoms with E-state index >= 15 is 0 Å². The van der Waals surface area contributed by atoms with E-state index in [0.29, 0.717) is 0 Å². The molecule has 0 unspecified atom stereocenters. The molecule has 0 N–H and O–H groups in total. The van der Waals surface area contributed by atoms with Gasteiger partial charge in [0.05, 0.1) is 0 Å². The van der Waals surface area contributed by atoms with Crippen molar-refractivity contribution in [2.45, 2.75) is 60.0 Å². The van der Waals surface area contributed by atoms with E-state index in [0.717, 1.165) is 13.0 Å². The maximum absolute atomic E-state index is 11.8. The van der Waals surface area contributed by atoms with Crippen molar-refractivity contribution in [1.29, 1.82) is 0 Å². The fourth-order valence-corrected chi connectivity index (χ4v) is 1.49. The van der Waals surface area contributed by atoms with Crippen molar-refractivity contribution in [2.75, 3.05) is 6.61 Å². The molecule has 0 spiro atoms. The molecule has 0 aliphatic rings. The zero-order valence-electron chi connectivity index (χ0n) is 10.9. The smallest absolute Gasteiger partial charge is 0.164 e. The minimum absolute atomic E-state index is 0.0728. The minimum Gasteiger partial charge on any atom is -0.370 e. The Morgan fingerprint density at radius 2 is 1.73 bits per heavy atom. The quantitative estimate of drug-likeness (QED) is 0.578. The number of hydrogen-bond donors (Lipinski definition) is 0. The number of unbranched alkanes of at least 4 members (excludes halogenated alkanes) is 2. The van der Waals surface area contributed by atoms with Crippen molar-refractivity contribution in [3.8, 4) is 0 Å². The van der Waals surface area contributed by atoms with E-state index in [1.54, 1.807) is 0 Å². The lowest BCUT2D eigenvalue weighted by molar-refractivity contribution is -0.136. The van der Waals surface area contributed by atoms with E-state index in [-0.39, 0.29) is 23.7 Å². The highest BCUT2D eigenvalue weighted by Crippen LogP contribution is 2.13. The van der Waals surface area contributed by atoms with E-state index < -0.39 is 0 Å². The van der Waals surface area contributed by atoms with Crippen molar-refractivity contribution >= 4 is 5.78 Å². The van der Waals surface area contributed by atoms with E-state index in [2.05, 4.69) is 6.92 Å². The van der Waals surface area contributed by atoms with Crippen LogP contribution in [0.3, 0.4) is 0 Å². The number of Topliss-reactive ketones (excluding diaryl/α,β-unsaturated/α-hetero) is 1. The molecule has 0 rings (SSSR count). The molecule has 0 bridgehead atoms. The fraction of sp³-hybridized carbons (Fsp3) is 0.923. The van der Waals surface area contributed by atoms with Crippen molar-refractivity contribution in [3.05, 3.63) is 0 Å². The predicted octanol–water partition coefficient (Wildman–Crippen LogP) is 3.44. The zero-order chi connectivity index (χ0) is 11.8. The lowest BCUT2D eigenvalue weighted by Crippen LogP contribution is -2.33. The number of hydrogen-bond acceptors (Lipinski definition) is 2. The van der Waals surface area contributed by atoms with Crippen LogP contribution >= 0.6 is 0 Å². The first-order valence-corrected chi connectivity index (χ1v) is 6.16. The molecule has 2 nitrogen and oxygen atoms in total. The maximum atomic E-state index is 11.8. The summed E-state index contributed by atoms with van der Waals surface area (Å²) in [5, 5.41) is 0. The molecule has 15 heavy (non-hydrogen) atoms. The Morgan fingerprint density at radius 1 is 1.13 bits per heavy atom. The molecule has 0 fully saturated rings. The molecular formula is C13H26O2. The van der Waals surface area contributed by atoms with Gasteiger partial charge in [0.25, 0.3) is 0 Å². The molecular weight excluding hydrogens is 188 g/mol. The molecule has 0 amide bonds. The Hall–Kier alpha value is -0.370. The van der Waals surface area contributed by atoms with Crippen LogP contribution in [0.5, 0.6) is 0 Å². The average molecular weight is 214 g/mol. The molecule has 2 heteroatoms. The SMILES string of the molecule is CCCCCO[C@H](C(=O)C(C)C)C(C)C. The molecule has 0 heterocycles. The standard InChI is InChI=1S/C13H26O2/c1-6-7-8-9-15-13(11(4)5)12(14)10(2)3/h10-11,13H,6-9H2,1-5H3/t13-/m0/s1. The monoisotopic (exact) mass is 214 g/mol. The van der Waals surface area contributed by atoms with E-state index in [1.165, 1.54) is 12.8 Å². The topological polar surface area (TPSA) is 26.3 Å². The highest BCUT2D eigenvalue weighted by Gasteiger charge is 2.24. The van der Waals surface area contributed by atoms with E-state index in [1.807, 2.05) is 27.7 Å². The number of ketones is 1. The highest BCUT2D eigenvalue weighted by molar-refractivity contribution is 5.85. The Kier molecular flexibility index (Phi) is 7.67. The van der Waals surface area contributed by atoms with Crippen molar-refractivity contribution < 1.29 is 9.53 Å². The molecule has 0 saturated carbocycles. The van der Waals surface area contributed by atoms with E-state index in [9.17, 15) is 4.79 Å². The molecule has 0 radical (unpaired) electrons. The van der Waals surface area contributed by atoms with E-state index in [4.69, 9.17) is 4.74 Å². The second kappa shape index (κ2) is 7.86. The minimum atomic E-state index is -0.207. The van der Waals surface area contributed by atoms with Crippen LogP contribution in [-0.2, 0) is 9.53 Å². The van der Waals surface area contributed by atoms with Gasteiger partial charge in [-0.2, -0.15) is 0 Å². The summed E-state index contributed by atoms with van der Waals surface area (Å²) in [6.07, 6.45) is 3.22. The van der Waals surface area contributed by atoms with Crippen LogP contribution in [0.4, 0.5) is 0 Å². The number of ether oxygens (including phenoxy) is 1. The van der Waals surface area contributed by atoms with Gasteiger partial charge in [0.2, 0.25) is 0 Å². The molecule has 0 aromatic rings. The summed E-state index contributed by atoms with van der Waals surface area (Å²) in [4.78, 5) is 11.8. The maximum Gasteiger partial charge on any atom is 0.164 e. The van der Waals surface area contributed by atoms with Crippen molar-refractivity contribution in [2.24, 2.45) is 11.8 Å². The van der Waals surface area contributed by atoms with Crippen molar-refractivity contribution in [3.63, 3.8) is 0 Å². The fourth-order valence-electron chi connectivity index (χ4n) is 1.49. The van der Waals surface area contributed by atoms with Crippen molar-refractivity contribution in [1.82, 2.24) is 0 Å². The second-order valence-electron chi connectivity index (χ2n) is 4.80. The Morgan fingerprint density at radius 3 is 2.13 bits per heavy atom. The van der Waals surface area contributed by atoms with Crippen LogP contribution in [-0.4, -0.2) is 18.5 Å². The third kappa shape index (κ3) is 5.93. The summed E-state index contributed by atoms with van der Waals surface area (Å²) >= 11 is 0. The average Bonchev–Trinajstić information content (AvgIpc) is 2.16. The Balaban J connectivity index is 4.00. The lowest BCUT2D eigenvalue weighted by atomic mass is 9.95. The zero-order valence-corrected chi connectivity index (χ0v) is 10.9. The van der Waals surface area contributed by atoms with Gasteiger partial charge >= 0.3 is 0 Å². The summed E-state index contributed by atoms with van der Waals surface area (Å²) in [5.41, 5.74) is 0. The first-order valence-electron chi connectivity index (χ1n) is 6.16. The van der Waals surface area contributed by atoms with Gasteiger partial charge in [0, 0.05) is 12.5 Å². The molecule has 0 aliphatic heterocycles. The van der Waals surface area contributed by atoms with Gasteiger partial charge in [-0.25, -0.2) is 0 Å². The largest absolute Gasteiger partial charge is 0.370 e. The number of carbonyl (C=O) groups is 1. The van der Waals surface area contributed by atoms with Crippen LogP contribution in [0, 0.1) is 11.8 Å². The second-order valence-corrected chi connectivity index (χ2v) is 4.80. The molecule has 0 aromatic carbocycles. The molecule has 0 saturated heterocycles. The summed E-state index contributed by atoms with van der Waals surface area (Å²) in [6.45, 7) is 10.9. The number of rotatable bonds is 8. The van der Waals surface area contributed by atoms with Crippen LogP contribution in [0.1, 0.15) is 53.9 Å². The normalized spacial score (nSPS) is 13.5. The van der Waals surface area contributed by atoms with Crippen LogP contribution < -0.4 is 0 Å². The third-order valence-corrected chi connectivity index (χ3v) is 2.50. The summed E-state index contributed by atoms with van der Waals surface area (Å²) in [5.74, 6) is 0.589. The van der Waals surface area contributed by atoms with Gasteiger partial charge in [0.1, 0.15) is 6.10 Å². The molecule has 0 aromatic heterocycles.